The zero-order chi connectivity index (χ0) is 14.4. The molecule has 1 aromatic carbocycles. The van der Waals surface area contributed by atoms with Gasteiger partial charge in [-0.3, -0.25) is 4.79 Å². The molecule has 0 aromatic heterocycles. The molecule has 0 aliphatic carbocycles. The van der Waals surface area contributed by atoms with Crippen LogP contribution in [0.15, 0.2) is 18.2 Å². The fourth-order valence-electron chi connectivity index (χ4n) is 1.64. The fourth-order valence-corrected chi connectivity index (χ4v) is 1.64. The Morgan fingerprint density at radius 3 is 2.80 bits per heavy atom. The summed E-state index contributed by atoms with van der Waals surface area (Å²) in [7, 11) is 0. The Kier molecular flexibility index (Phi) is 4.65. The van der Waals surface area contributed by atoms with Gasteiger partial charge in [-0.25, -0.2) is 4.79 Å². The molecule has 0 unspecified atom stereocenters. The van der Waals surface area contributed by atoms with E-state index in [0.717, 1.165) is 6.42 Å². The molecule has 0 atom stereocenters. The van der Waals surface area contributed by atoms with Crippen molar-refractivity contribution in [2.24, 2.45) is 0 Å². The first-order valence-corrected chi connectivity index (χ1v) is 6.40. The number of benzene rings is 1. The molecule has 108 valence electrons. The third-order valence-corrected chi connectivity index (χ3v) is 2.60. The average Bonchev–Trinajstić information content (AvgIpc) is 2.90. The summed E-state index contributed by atoms with van der Waals surface area (Å²) in [4.78, 5) is 22.9. The van der Waals surface area contributed by atoms with Crippen molar-refractivity contribution in [3.05, 3.63) is 18.2 Å². The normalized spacial score (nSPS) is 11.8. The Morgan fingerprint density at radius 1 is 1.20 bits per heavy atom. The van der Waals surface area contributed by atoms with Gasteiger partial charge in [0, 0.05) is 18.3 Å². The third-order valence-electron chi connectivity index (χ3n) is 2.60. The molecule has 0 bridgehead atoms. The van der Waals surface area contributed by atoms with E-state index >= 15 is 0 Å². The number of carbonyl (C=O) groups excluding carboxylic acids is 2. The van der Waals surface area contributed by atoms with Gasteiger partial charge in [-0.1, -0.05) is 6.92 Å². The zero-order valence-corrected chi connectivity index (χ0v) is 11.2. The Balaban J connectivity index is 1.78. The average molecular weight is 279 g/mol. The Hall–Kier alpha value is -2.44. The molecule has 3 amide bonds. The molecule has 1 heterocycles. The number of urea groups is 1. The molecule has 3 N–H and O–H groups in total. The number of rotatable bonds is 5. The summed E-state index contributed by atoms with van der Waals surface area (Å²) in [5, 5.41) is 7.76. The van der Waals surface area contributed by atoms with Crippen LogP contribution in [0.1, 0.15) is 13.3 Å². The van der Waals surface area contributed by atoms with Crippen molar-refractivity contribution in [2.75, 3.05) is 25.2 Å². The monoisotopic (exact) mass is 279 g/mol. The SMILES string of the molecule is CCCNC(=O)NCC(=O)Nc1ccc2c(c1)OCO2. The van der Waals surface area contributed by atoms with Crippen LogP contribution in [0.25, 0.3) is 0 Å². The number of hydrogen-bond acceptors (Lipinski definition) is 4. The summed E-state index contributed by atoms with van der Waals surface area (Å²) < 4.78 is 10.4. The van der Waals surface area contributed by atoms with Crippen molar-refractivity contribution >= 4 is 17.6 Å². The van der Waals surface area contributed by atoms with Crippen molar-refractivity contribution in [1.29, 1.82) is 0 Å². The van der Waals surface area contributed by atoms with E-state index in [-0.39, 0.29) is 25.3 Å². The molecule has 2 rings (SSSR count). The number of amides is 3. The maximum Gasteiger partial charge on any atom is 0.315 e. The highest BCUT2D eigenvalue weighted by atomic mass is 16.7. The van der Waals surface area contributed by atoms with Gasteiger partial charge in [0.05, 0.1) is 6.54 Å². The van der Waals surface area contributed by atoms with Crippen LogP contribution in [-0.2, 0) is 4.79 Å². The van der Waals surface area contributed by atoms with Crippen LogP contribution in [0, 0.1) is 0 Å². The molecule has 0 radical (unpaired) electrons. The van der Waals surface area contributed by atoms with Gasteiger partial charge < -0.3 is 25.4 Å². The van der Waals surface area contributed by atoms with Gasteiger partial charge in [0.2, 0.25) is 12.7 Å². The first kappa shape index (κ1) is 14.0. The van der Waals surface area contributed by atoms with Crippen LogP contribution in [0.4, 0.5) is 10.5 Å². The number of nitrogens with one attached hydrogen (secondary N) is 3. The lowest BCUT2D eigenvalue weighted by atomic mass is 10.3. The first-order chi connectivity index (χ1) is 9.69. The smallest absolute Gasteiger partial charge is 0.315 e. The molecule has 1 aliphatic rings. The highest BCUT2D eigenvalue weighted by Gasteiger charge is 2.14. The lowest BCUT2D eigenvalue weighted by Crippen LogP contribution is -2.40. The van der Waals surface area contributed by atoms with Gasteiger partial charge in [-0.15, -0.1) is 0 Å². The molecule has 0 fully saturated rings. The molecule has 1 aliphatic heterocycles. The first-order valence-electron chi connectivity index (χ1n) is 6.40. The van der Waals surface area contributed by atoms with Crippen molar-refractivity contribution in [1.82, 2.24) is 10.6 Å². The molecular weight excluding hydrogens is 262 g/mol. The van der Waals surface area contributed by atoms with Crippen LogP contribution in [0.5, 0.6) is 11.5 Å². The van der Waals surface area contributed by atoms with Crippen LogP contribution in [0.3, 0.4) is 0 Å². The molecule has 0 spiro atoms. The molecule has 0 saturated heterocycles. The number of fused-ring (bicyclic) bond motifs is 1. The topological polar surface area (TPSA) is 88.7 Å². The van der Waals surface area contributed by atoms with Gasteiger partial charge in [-0.05, 0) is 18.6 Å². The molecule has 1 aromatic rings. The summed E-state index contributed by atoms with van der Waals surface area (Å²) >= 11 is 0. The third kappa shape index (κ3) is 3.78. The van der Waals surface area contributed by atoms with Gasteiger partial charge in [-0.2, -0.15) is 0 Å². The highest BCUT2D eigenvalue weighted by molar-refractivity contribution is 5.94. The van der Waals surface area contributed by atoms with Gasteiger partial charge in [0.25, 0.3) is 0 Å². The minimum Gasteiger partial charge on any atom is -0.454 e. The van der Waals surface area contributed by atoms with Gasteiger partial charge >= 0.3 is 6.03 Å². The van der Waals surface area contributed by atoms with E-state index in [9.17, 15) is 9.59 Å². The summed E-state index contributed by atoms with van der Waals surface area (Å²) in [5.74, 6) is 0.937. The lowest BCUT2D eigenvalue weighted by Gasteiger charge is -2.08. The fraction of sp³-hybridized carbons (Fsp3) is 0.385. The van der Waals surface area contributed by atoms with E-state index < -0.39 is 0 Å². The van der Waals surface area contributed by atoms with Gasteiger partial charge in [0.15, 0.2) is 11.5 Å². The number of anilines is 1. The van der Waals surface area contributed by atoms with E-state index in [2.05, 4.69) is 16.0 Å². The largest absolute Gasteiger partial charge is 0.454 e. The Bertz CT molecular complexity index is 504. The minimum atomic E-state index is -0.354. The van der Waals surface area contributed by atoms with Crippen molar-refractivity contribution < 1.29 is 19.1 Å². The van der Waals surface area contributed by atoms with Gasteiger partial charge in [0.1, 0.15) is 0 Å². The summed E-state index contributed by atoms with van der Waals surface area (Å²) in [6, 6.07) is 4.76. The zero-order valence-electron chi connectivity index (χ0n) is 11.2. The van der Waals surface area contributed by atoms with Crippen molar-refractivity contribution in [3.63, 3.8) is 0 Å². The predicted octanol–water partition coefficient (Wildman–Crippen LogP) is 1.06. The Morgan fingerprint density at radius 2 is 2.00 bits per heavy atom. The number of carbonyl (C=O) groups is 2. The van der Waals surface area contributed by atoms with Crippen LogP contribution >= 0.6 is 0 Å². The molecular formula is C13H17N3O4. The van der Waals surface area contributed by atoms with Crippen LogP contribution in [-0.4, -0.2) is 31.8 Å². The predicted molar refractivity (Wildman–Crippen MR) is 72.9 cm³/mol. The summed E-state index contributed by atoms with van der Waals surface area (Å²) in [6.45, 7) is 2.62. The summed E-state index contributed by atoms with van der Waals surface area (Å²) in [6.07, 6.45) is 0.844. The van der Waals surface area contributed by atoms with E-state index in [1.807, 2.05) is 6.92 Å². The van der Waals surface area contributed by atoms with E-state index in [1.165, 1.54) is 0 Å². The number of hydrogen-bond donors (Lipinski definition) is 3. The molecule has 7 nitrogen and oxygen atoms in total. The maximum atomic E-state index is 11.7. The maximum absolute atomic E-state index is 11.7. The van der Waals surface area contributed by atoms with E-state index in [4.69, 9.17) is 9.47 Å². The lowest BCUT2D eigenvalue weighted by molar-refractivity contribution is -0.115. The Labute approximate surface area is 116 Å². The minimum absolute atomic E-state index is 0.0933. The van der Waals surface area contributed by atoms with E-state index in [0.29, 0.717) is 23.7 Å². The van der Waals surface area contributed by atoms with Crippen molar-refractivity contribution in [3.8, 4) is 11.5 Å². The standard InChI is InChI=1S/C13H17N3O4/c1-2-5-14-13(18)15-7-12(17)16-9-3-4-10-11(6-9)20-8-19-10/h3-4,6H,2,5,7-8H2,1H3,(H,16,17)(H2,14,15,18). The highest BCUT2D eigenvalue weighted by Crippen LogP contribution is 2.34. The van der Waals surface area contributed by atoms with E-state index in [1.54, 1.807) is 18.2 Å². The second kappa shape index (κ2) is 6.65. The molecule has 20 heavy (non-hydrogen) atoms. The molecule has 0 saturated carbocycles. The van der Waals surface area contributed by atoms with Crippen LogP contribution < -0.4 is 25.4 Å². The second-order valence-corrected chi connectivity index (χ2v) is 4.23. The van der Waals surface area contributed by atoms with Crippen LogP contribution in [0.2, 0.25) is 0 Å². The second-order valence-electron chi connectivity index (χ2n) is 4.23. The molecule has 7 heteroatoms. The number of ether oxygens (including phenoxy) is 2. The quantitative estimate of drug-likeness (QED) is 0.752. The van der Waals surface area contributed by atoms with Crippen molar-refractivity contribution in [2.45, 2.75) is 13.3 Å². The summed E-state index contributed by atoms with van der Waals surface area (Å²) in [5.41, 5.74) is 0.593.